The molecule has 100 valence electrons. The van der Waals surface area contributed by atoms with Crippen LogP contribution in [-0.4, -0.2) is 24.9 Å². The van der Waals surface area contributed by atoms with Crippen molar-refractivity contribution < 1.29 is 23.0 Å². The number of nitrogens with one attached hydrogen (secondary N) is 1. The predicted octanol–water partition coefficient (Wildman–Crippen LogP) is 2.83. The lowest BCUT2D eigenvalue weighted by molar-refractivity contribution is -0.138. The first-order valence-corrected chi connectivity index (χ1v) is 6.09. The number of ether oxygens (including phenoxy) is 1. The lowest BCUT2D eigenvalue weighted by Gasteiger charge is -2.26. The van der Waals surface area contributed by atoms with Crippen molar-refractivity contribution in [1.29, 1.82) is 0 Å². The van der Waals surface area contributed by atoms with Gasteiger partial charge in [-0.25, -0.2) is 0 Å². The molecule has 1 aliphatic heterocycles. The number of aromatic hydroxyl groups is 1. The molecule has 0 aromatic heterocycles. The third-order valence-electron chi connectivity index (χ3n) is 2.71. The van der Waals surface area contributed by atoms with Crippen LogP contribution < -0.4 is 5.32 Å². The molecule has 0 aliphatic carbocycles. The lowest BCUT2D eigenvalue weighted by atomic mass is 10.0. The van der Waals surface area contributed by atoms with E-state index in [9.17, 15) is 18.3 Å². The van der Waals surface area contributed by atoms with E-state index >= 15 is 0 Å². The van der Waals surface area contributed by atoms with E-state index in [2.05, 4.69) is 21.2 Å². The smallest absolute Gasteiger partial charge is 0.420 e. The maximum absolute atomic E-state index is 12.7. The third kappa shape index (κ3) is 2.78. The highest BCUT2D eigenvalue weighted by molar-refractivity contribution is 9.10. The van der Waals surface area contributed by atoms with Gasteiger partial charge in [0.1, 0.15) is 5.75 Å². The molecule has 1 heterocycles. The summed E-state index contributed by atoms with van der Waals surface area (Å²) in [5.41, 5.74) is -0.851. The minimum Gasteiger partial charge on any atom is -0.507 e. The van der Waals surface area contributed by atoms with Gasteiger partial charge >= 0.3 is 6.18 Å². The van der Waals surface area contributed by atoms with Gasteiger partial charge in [0, 0.05) is 16.6 Å². The average Bonchev–Trinajstić information content (AvgIpc) is 2.31. The van der Waals surface area contributed by atoms with Crippen molar-refractivity contribution in [2.24, 2.45) is 0 Å². The monoisotopic (exact) mass is 325 g/mol. The highest BCUT2D eigenvalue weighted by atomic mass is 79.9. The fourth-order valence-corrected chi connectivity index (χ4v) is 2.34. The van der Waals surface area contributed by atoms with Crippen molar-refractivity contribution in [3.63, 3.8) is 0 Å². The summed E-state index contributed by atoms with van der Waals surface area (Å²) in [6, 6.07) is 1.90. The van der Waals surface area contributed by atoms with E-state index in [1.54, 1.807) is 0 Å². The van der Waals surface area contributed by atoms with Crippen LogP contribution in [0.4, 0.5) is 13.2 Å². The molecule has 1 atom stereocenters. The molecule has 3 nitrogen and oxygen atoms in total. The number of phenolic OH excluding ortho intramolecular Hbond substituents is 1. The molecule has 18 heavy (non-hydrogen) atoms. The van der Waals surface area contributed by atoms with Gasteiger partial charge in [0.05, 0.1) is 24.8 Å². The van der Waals surface area contributed by atoms with Crippen LogP contribution in [0.15, 0.2) is 16.6 Å². The standard InChI is InChI=1S/C11H11BrF3NO2/c12-6-3-7(9-5-18-2-1-16-9)10(17)8(4-6)11(13,14)15/h3-4,9,16-17H,1-2,5H2/t9-/m0/s1. The third-order valence-corrected chi connectivity index (χ3v) is 3.16. The first-order valence-electron chi connectivity index (χ1n) is 5.30. The van der Waals surface area contributed by atoms with Crippen LogP contribution in [-0.2, 0) is 10.9 Å². The molecule has 1 aromatic carbocycles. The molecule has 1 saturated heterocycles. The first-order chi connectivity index (χ1) is 8.39. The lowest BCUT2D eigenvalue weighted by Crippen LogP contribution is -2.34. The maximum Gasteiger partial charge on any atom is 0.420 e. The highest BCUT2D eigenvalue weighted by Gasteiger charge is 2.36. The summed E-state index contributed by atoms with van der Waals surface area (Å²) in [5, 5.41) is 12.8. The van der Waals surface area contributed by atoms with Crippen molar-refractivity contribution >= 4 is 15.9 Å². The summed E-state index contributed by atoms with van der Waals surface area (Å²) in [7, 11) is 0. The molecular weight excluding hydrogens is 315 g/mol. The minimum atomic E-state index is -4.59. The van der Waals surface area contributed by atoms with Crippen molar-refractivity contribution in [2.45, 2.75) is 12.2 Å². The van der Waals surface area contributed by atoms with Crippen LogP contribution in [0, 0.1) is 0 Å². The van der Waals surface area contributed by atoms with E-state index in [0.29, 0.717) is 13.2 Å². The molecule has 0 bridgehead atoms. The molecule has 2 rings (SSSR count). The highest BCUT2D eigenvalue weighted by Crippen LogP contribution is 2.41. The number of rotatable bonds is 1. The van der Waals surface area contributed by atoms with Gasteiger partial charge in [0.15, 0.2) is 0 Å². The van der Waals surface area contributed by atoms with E-state index in [1.165, 1.54) is 6.07 Å². The Bertz CT molecular complexity index is 445. The van der Waals surface area contributed by atoms with Crippen LogP contribution in [0.25, 0.3) is 0 Å². The van der Waals surface area contributed by atoms with Crippen LogP contribution in [0.2, 0.25) is 0 Å². The molecule has 0 unspecified atom stereocenters. The average molecular weight is 326 g/mol. The second-order valence-corrected chi connectivity index (χ2v) is 4.89. The number of hydrogen-bond donors (Lipinski definition) is 2. The van der Waals surface area contributed by atoms with Crippen molar-refractivity contribution in [3.05, 3.63) is 27.7 Å². The Kier molecular flexibility index (Phi) is 3.84. The second-order valence-electron chi connectivity index (χ2n) is 3.97. The van der Waals surface area contributed by atoms with Gasteiger partial charge in [-0.15, -0.1) is 0 Å². The Balaban J connectivity index is 2.44. The van der Waals surface area contributed by atoms with E-state index in [-0.39, 0.29) is 16.6 Å². The van der Waals surface area contributed by atoms with Gasteiger partial charge in [-0.3, -0.25) is 0 Å². The van der Waals surface area contributed by atoms with Crippen molar-refractivity contribution in [3.8, 4) is 5.75 Å². The molecule has 1 fully saturated rings. The number of benzene rings is 1. The Morgan fingerprint density at radius 1 is 1.39 bits per heavy atom. The SMILES string of the molecule is Oc1c([C@@H]2COCCN2)cc(Br)cc1C(F)(F)F. The van der Waals surface area contributed by atoms with Gasteiger partial charge < -0.3 is 15.2 Å². The quantitative estimate of drug-likeness (QED) is 0.834. The molecule has 0 radical (unpaired) electrons. The first kappa shape index (κ1) is 13.6. The normalized spacial score (nSPS) is 21.0. The molecule has 1 aromatic rings. The molecular formula is C11H11BrF3NO2. The van der Waals surface area contributed by atoms with E-state index in [1.807, 2.05) is 0 Å². The Hall–Kier alpha value is -0.790. The van der Waals surface area contributed by atoms with Gasteiger partial charge in [-0.05, 0) is 12.1 Å². The Morgan fingerprint density at radius 2 is 2.11 bits per heavy atom. The van der Waals surface area contributed by atoms with Crippen LogP contribution in [0.3, 0.4) is 0 Å². The largest absolute Gasteiger partial charge is 0.507 e. The minimum absolute atomic E-state index is 0.191. The number of alkyl halides is 3. The van der Waals surface area contributed by atoms with Gasteiger partial charge in [0.25, 0.3) is 0 Å². The van der Waals surface area contributed by atoms with E-state index in [4.69, 9.17) is 4.74 Å². The fraction of sp³-hybridized carbons (Fsp3) is 0.455. The zero-order chi connectivity index (χ0) is 13.3. The van der Waals surface area contributed by atoms with Crippen molar-refractivity contribution in [2.75, 3.05) is 19.8 Å². The molecule has 0 amide bonds. The summed E-state index contributed by atoms with van der Waals surface area (Å²) < 4.78 is 43.7. The molecule has 2 N–H and O–H groups in total. The molecule has 0 spiro atoms. The summed E-state index contributed by atoms with van der Waals surface area (Å²) in [4.78, 5) is 0. The summed E-state index contributed by atoms with van der Waals surface area (Å²) in [6.07, 6.45) is -4.59. The second kappa shape index (κ2) is 5.07. The molecule has 1 aliphatic rings. The fourth-order valence-electron chi connectivity index (χ4n) is 1.87. The zero-order valence-electron chi connectivity index (χ0n) is 9.22. The number of halogens is 4. The summed E-state index contributed by atoms with van der Waals surface area (Å²) >= 11 is 3.03. The number of morpholine rings is 1. The molecule has 7 heteroatoms. The number of hydrogen-bond acceptors (Lipinski definition) is 3. The Labute approximate surface area is 110 Å². The summed E-state index contributed by atoms with van der Waals surface area (Å²) in [6.45, 7) is 1.29. The predicted molar refractivity (Wildman–Crippen MR) is 62.4 cm³/mol. The Morgan fingerprint density at radius 3 is 2.67 bits per heavy atom. The van der Waals surface area contributed by atoms with Gasteiger partial charge in [-0.2, -0.15) is 13.2 Å². The van der Waals surface area contributed by atoms with E-state index in [0.717, 1.165) is 6.07 Å². The van der Waals surface area contributed by atoms with Gasteiger partial charge in [0.2, 0.25) is 0 Å². The topological polar surface area (TPSA) is 41.5 Å². The zero-order valence-corrected chi connectivity index (χ0v) is 10.8. The molecule has 0 saturated carbocycles. The van der Waals surface area contributed by atoms with Crippen molar-refractivity contribution in [1.82, 2.24) is 5.32 Å². The van der Waals surface area contributed by atoms with Crippen LogP contribution in [0.5, 0.6) is 5.75 Å². The van der Waals surface area contributed by atoms with E-state index < -0.39 is 23.5 Å². The van der Waals surface area contributed by atoms with Gasteiger partial charge in [-0.1, -0.05) is 15.9 Å². The maximum atomic E-state index is 12.7. The van der Waals surface area contributed by atoms with Crippen LogP contribution in [0.1, 0.15) is 17.2 Å². The summed E-state index contributed by atoms with van der Waals surface area (Å²) in [5.74, 6) is -0.742. The van der Waals surface area contributed by atoms with Crippen LogP contribution >= 0.6 is 15.9 Å². The number of phenols is 1.